The zero-order valence-electron chi connectivity index (χ0n) is 17.0. The summed E-state index contributed by atoms with van der Waals surface area (Å²) in [7, 11) is 2.79. The molecule has 0 aliphatic heterocycles. The largest absolute Gasteiger partial charge is 0.493 e. The lowest BCUT2D eigenvalue weighted by atomic mass is 10.1. The summed E-state index contributed by atoms with van der Waals surface area (Å²) < 4.78 is 54.2. The number of benzene rings is 2. The van der Waals surface area contributed by atoms with E-state index in [1.165, 1.54) is 26.4 Å². The van der Waals surface area contributed by atoms with Crippen molar-refractivity contribution >= 4 is 17.7 Å². The van der Waals surface area contributed by atoms with Gasteiger partial charge >= 0.3 is 18.2 Å². The molecular weight excluding hydrogens is 417 g/mol. The fourth-order valence-electron chi connectivity index (χ4n) is 3.36. The smallest absolute Gasteiger partial charge is 0.471 e. The van der Waals surface area contributed by atoms with E-state index in [0.717, 1.165) is 5.56 Å². The highest BCUT2D eigenvalue weighted by atomic mass is 19.4. The van der Waals surface area contributed by atoms with Crippen molar-refractivity contribution in [3.8, 4) is 11.5 Å². The number of hydrogen-bond donors (Lipinski definition) is 2. The monoisotopic (exact) mass is 438 g/mol. The van der Waals surface area contributed by atoms with Gasteiger partial charge in [-0.3, -0.25) is 10.1 Å². The lowest BCUT2D eigenvalue weighted by Gasteiger charge is -2.16. The first-order chi connectivity index (χ1) is 14.6. The molecule has 2 N–H and O–H groups in total. The Balaban J connectivity index is 1.85. The Labute approximate surface area is 176 Å². The third-order valence-electron chi connectivity index (χ3n) is 4.87. The van der Waals surface area contributed by atoms with Crippen molar-refractivity contribution in [2.75, 3.05) is 19.5 Å². The minimum absolute atomic E-state index is 0.0746. The fourth-order valence-corrected chi connectivity index (χ4v) is 3.36. The second-order valence-electron chi connectivity index (χ2n) is 6.98. The molecule has 0 fully saturated rings. The van der Waals surface area contributed by atoms with Gasteiger partial charge in [0.25, 0.3) is 0 Å². The van der Waals surface area contributed by atoms with Crippen LogP contribution in [0.4, 0.5) is 23.7 Å². The molecule has 2 aromatic rings. The zero-order chi connectivity index (χ0) is 22.8. The Hall–Kier alpha value is -3.43. The predicted octanol–water partition coefficient (Wildman–Crippen LogP) is 4.43. The molecule has 0 saturated heterocycles. The molecule has 2 atom stereocenters. The van der Waals surface area contributed by atoms with Crippen LogP contribution in [0.2, 0.25) is 0 Å². The normalized spacial score (nSPS) is 17.5. The van der Waals surface area contributed by atoms with Gasteiger partial charge < -0.3 is 19.5 Å². The first-order valence-corrected chi connectivity index (χ1v) is 9.30. The van der Waals surface area contributed by atoms with E-state index >= 15 is 0 Å². The average molecular weight is 438 g/mol. The maximum Gasteiger partial charge on any atom is 0.471 e. The van der Waals surface area contributed by atoms with E-state index in [1.807, 2.05) is 12.2 Å². The summed E-state index contributed by atoms with van der Waals surface area (Å²) in [4.78, 5) is 23.9. The summed E-state index contributed by atoms with van der Waals surface area (Å²) in [6.07, 6.45) is -6.80. The summed E-state index contributed by atoms with van der Waals surface area (Å²) in [6.45, 7) is 1.90. The van der Waals surface area contributed by atoms with Crippen molar-refractivity contribution < 1.29 is 37.0 Å². The van der Waals surface area contributed by atoms with Crippen molar-refractivity contribution in [2.45, 2.75) is 31.7 Å². The number of aryl methyl sites for hydroxylation is 1. The van der Waals surface area contributed by atoms with E-state index in [9.17, 15) is 22.8 Å². The second kappa shape index (κ2) is 8.75. The van der Waals surface area contributed by atoms with E-state index in [1.54, 1.807) is 24.3 Å². The molecular formula is C21H21F3N2O5. The lowest BCUT2D eigenvalue weighted by molar-refractivity contribution is -0.174. The molecule has 1 aliphatic rings. The van der Waals surface area contributed by atoms with Gasteiger partial charge in [-0.25, -0.2) is 4.79 Å². The number of ether oxygens (including phenoxy) is 3. The van der Waals surface area contributed by atoms with Crippen molar-refractivity contribution in [3.63, 3.8) is 0 Å². The number of carbonyl (C=O) groups excluding carboxylic acids is 2. The number of rotatable bonds is 5. The molecule has 0 unspecified atom stereocenters. The molecule has 0 saturated carbocycles. The maximum atomic E-state index is 12.8. The van der Waals surface area contributed by atoms with Crippen LogP contribution in [-0.4, -0.2) is 32.4 Å². The number of methoxy groups -OCH3 is 2. The summed E-state index contributed by atoms with van der Waals surface area (Å²) in [5, 5.41) is 4.52. The van der Waals surface area contributed by atoms with Crippen molar-refractivity contribution in [2.24, 2.45) is 0 Å². The van der Waals surface area contributed by atoms with Gasteiger partial charge in [-0.2, -0.15) is 13.2 Å². The van der Waals surface area contributed by atoms with Crippen molar-refractivity contribution in [3.05, 3.63) is 53.1 Å². The van der Waals surface area contributed by atoms with Crippen LogP contribution in [0.3, 0.4) is 0 Å². The number of anilines is 1. The van der Waals surface area contributed by atoms with E-state index in [-0.39, 0.29) is 12.2 Å². The fraction of sp³-hybridized carbons (Fsp3) is 0.333. The van der Waals surface area contributed by atoms with Gasteiger partial charge in [0, 0.05) is 17.7 Å². The summed E-state index contributed by atoms with van der Waals surface area (Å²) in [5.74, 6) is -1.49. The van der Waals surface area contributed by atoms with Gasteiger partial charge in [0.15, 0.2) is 11.5 Å². The molecule has 3 rings (SSSR count). The SMILES string of the molecule is COc1cc2c(cc1OC)[C@H](OC(=O)Nc1ccc(C)cc1)C[C@H]2NC(=O)C(F)(F)F. The number of alkyl halides is 3. The van der Waals surface area contributed by atoms with Crippen molar-refractivity contribution in [1.29, 1.82) is 0 Å². The van der Waals surface area contributed by atoms with Gasteiger partial charge in [0.1, 0.15) is 6.10 Å². The van der Waals surface area contributed by atoms with E-state index < -0.39 is 30.3 Å². The molecule has 0 spiro atoms. The van der Waals surface area contributed by atoms with Crippen LogP contribution in [0, 0.1) is 6.92 Å². The highest BCUT2D eigenvalue weighted by molar-refractivity contribution is 5.85. The summed E-state index contributed by atoms with van der Waals surface area (Å²) in [6, 6.07) is 8.97. The van der Waals surface area contributed by atoms with Crippen molar-refractivity contribution in [1.82, 2.24) is 5.32 Å². The number of halogens is 3. The molecule has 31 heavy (non-hydrogen) atoms. The Morgan fingerprint density at radius 2 is 1.58 bits per heavy atom. The maximum absolute atomic E-state index is 12.8. The zero-order valence-corrected chi connectivity index (χ0v) is 17.0. The van der Waals surface area contributed by atoms with Crippen LogP contribution in [0.25, 0.3) is 0 Å². The van der Waals surface area contributed by atoms with Crippen LogP contribution >= 0.6 is 0 Å². The van der Waals surface area contributed by atoms with Gasteiger partial charge in [-0.1, -0.05) is 17.7 Å². The lowest BCUT2D eigenvalue weighted by Crippen LogP contribution is -2.38. The Morgan fingerprint density at radius 3 is 2.13 bits per heavy atom. The summed E-state index contributed by atoms with van der Waals surface area (Å²) >= 11 is 0. The molecule has 0 bridgehead atoms. The van der Waals surface area contributed by atoms with Gasteiger partial charge in [0.05, 0.1) is 20.3 Å². The Kier molecular flexibility index (Phi) is 6.28. The standard InChI is InChI=1S/C21H21F3N2O5/c1-11-4-6-12(7-5-11)25-20(28)31-16-10-15(26-19(27)21(22,23)24)13-8-17(29-2)18(30-3)9-14(13)16/h4-9,15-16H,10H2,1-3H3,(H,25,28)(H,26,27)/t15-,16-/m1/s1. The number of amides is 2. The molecule has 0 radical (unpaired) electrons. The van der Waals surface area contributed by atoms with E-state index in [2.05, 4.69) is 5.32 Å². The molecule has 166 valence electrons. The third kappa shape index (κ3) is 5.01. The van der Waals surface area contributed by atoms with Crippen LogP contribution in [0.1, 0.15) is 35.3 Å². The minimum Gasteiger partial charge on any atom is -0.493 e. The second-order valence-corrected chi connectivity index (χ2v) is 6.98. The highest BCUT2D eigenvalue weighted by Crippen LogP contribution is 2.46. The highest BCUT2D eigenvalue weighted by Gasteiger charge is 2.43. The number of nitrogens with one attached hydrogen (secondary N) is 2. The number of carbonyl (C=O) groups is 2. The topological polar surface area (TPSA) is 85.9 Å². The molecule has 0 aromatic heterocycles. The van der Waals surface area contributed by atoms with E-state index in [4.69, 9.17) is 14.2 Å². The van der Waals surface area contributed by atoms with Gasteiger partial charge in [-0.15, -0.1) is 0 Å². The van der Waals surface area contributed by atoms with Gasteiger partial charge in [-0.05, 0) is 36.8 Å². The molecule has 2 aromatic carbocycles. The number of hydrogen-bond acceptors (Lipinski definition) is 5. The Morgan fingerprint density at radius 1 is 1.00 bits per heavy atom. The molecule has 1 aliphatic carbocycles. The third-order valence-corrected chi connectivity index (χ3v) is 4.87. The molecule has 2 amide bonds. The van der Waals surface area contributed by atoms with Crippen LogP contribution in [0.5, 0.6) is 11.5 Å². The molecule has 10 heteroatoms. The predicted molar refractivity (Wildman–Crippen MR) is 105 cm³/mol. The molecule has 7 nitrogen and oxygen atoms in total. The quantitative estimate of drug-likeness (QED) is 0.722. The minimum atomic E-state index is -5.04. The molecule has 0 heterocycles. The average Bonchev–Trinajstić information content (AvgIpc) is 3.03. The van der Waals surface area contributed by atoms with Crippen LogP contribution in [0.15, 0.2) is 36.4 Å². The van der Waals surface area contributed by atoms with E-state index in [0.29, 0.717) is 22.6 Å². The van der Waals surface area contributed by atoms with Gasteiger partial charge in [0.2, 0.25) is 0 Å². The first kappa shape index (κ1) is 22.3. The first-order valence-electron chi connectivity index (χ1n) is 9.30. The van der Waals surface area contributed by atoms with Crippen LogP contribution < -0.4 is 20.1 Å². The summed E-state index contributed by atoms with van der Waals surface area (Å²) in [5.41, 5.74) is 2.28. The Bertz CT molecular complexity index is 976. The van der Waals surface area contributed by atoms with Crippen LogP contribution in [-0.2, 0) is 9.53 Å². The number of fused-ring (bicyclic) bond motifs is 1.